The van der Waals surface area contributed by atoms with Crippen LogP contribution in [0.5, 0.6) is 0 Å². The molecular formula is C16H32N2O2. The van der Waals surface area contributed by atoms with Gasteiger partial charge < -0.3 is 14.9 Å². The van der Waals surface area contributed by atoms with Gasteiger partial charge in [0.25, 0.3) is 0 Å². The van der Waals surface area contributed by atoms with E-state index >= 15 is 0 Å². The molecule has 1 aliphatic carbocycles. The molecule has 1 N–H and O–H groups in total. The fraction of sp³-hybridized carbons (Fsp3) is 0.938. The van der Waals surface area contributed by atoms with Crippen LogP contribution in [0.3, 0.4) is 0 Å². The maximum absolute atomic E-state index is 11.9. The highest BCUT2D eigenvalue weighted by Crippen LogP contribution is 2.36. The van der Waals surface area contributed by atoms with Gasteiger partial charge in [0, 0.05) is 19.6 Å². The van der Waals surface area contributed by atoms with Crippen molar-refractivity contribution in [2.75, 3.05) is 40.3 Å². The SMILES string of the molecule is CCCN(CCN(C)C)CC1(C(=O)O)CCCCCC1. The smallest absolute Gasteiger partial charge is 0.310 e. The van der Waals surface area contributed by atoms with Gasteiger partial charge in [0.2, 0.25) is 0 Å². The van der Waals surface area contributed by atoms with Crippen molar-refractivity contribution in [3.63, 3.8) is 0 Å². The van der Waals surface area contributed by atoms with Gasteiger partial charge in [-0.2, -0.15) is 0 Å². The Kier molecular flexibility index (Phi) is 7.52. The average molecular weight is 284 g/mol. The maximum Gasteiger partial charge on any atom is 0.310 e. The van der Waals surface area contributed by atoms with Crippen molar-refractivity contribution in [1.82, 2.24) is 9.80 Å². The van der Waals surface area contributed by atoms with E-state index in [0.29, 0.717) is 0 Å². The molecule has 0 amide bonds. The zero-order valence-corrected chi connectivity index (χ0v) is 13.5. The molecule has 118 valence electrons. The second-order valence-electron chi connectivity index (χ2n) is 6.58. The Labute approximate surface area is 124 Å². The highest BCUT2D eigenvalue weighted by molar-refractivity contribution is 5.75. The lowest BCUT2D eigenvalue weighted by Crippen LogP contribution is -2.45. The molecule has 0 radical (unpaired) electrons. The van der Waals surface area contributed by atoms with Crippen LogP contribution in [0.2, 0.25) is 0 Å². The predicted molar refractivity (Wildman–Crippen MR) is 83.1 cm³/mol. The summed E-state index contributed by atoms with van der Waals surface area (Å²) >= 11 is 0. The first kappa shape index (κ1) is 17.4. The summed E-state index contributed by atoms with van der Waals surface area (Å²) in [5.41, 5.74) is -0.502. The van der Waals surface area contributed by atoms with E-state index in [4.69, 9.17) is 0 Å². The van der Waals surface area contributed by atoms with E-state index in [1.54, 1.807) is 0 Å². The second kappa shape index (κ2) is 8.63. The molecule has 0 heterocycles. The monoisotopic (exact) mass is 284 g/mol. The number of carboxylic acids is 1. The van der Waals surface area contributed by atoms with E-state index in [9.17, 15) is 9.90 Å². The van der Waals surface area contributed by atoms with E-state index in [-0.39, 0.29) is 0 Å². The molecule has 0 aromatic carbocycles. The van der Waals surface area contributed by atoms with E-state index in [0.717, 1.165) is 58.3 Å². The molecule has 0 atom stereocenters. The molecule has 0 spiro atoms. The zero-order chi connectivity index (χ0) is 15.0. The zero-order valence-electron chi connectivity index (χ0n) is 13.5. The van der Waals surface area contributed by atoms with Gasteiger partial charge in [0.15, 0.2) is 0 Å². The van der Waals surface area contributed by atoms with Gasteiger partial charge in [0.05, 0.1) is 5.41 Å². The van der Waals surface area contributed by atoms with E-state index in [1.807, 2.05) is 0 Å². The Morgan fingerprint density at radius 2 is 1.65 bits per heavy atom. The maximum atomic E-state index is 11.9. The summed E-state index contributed by atoms with van der Waals surface area (Å²) in [6.45, 7) is 5.86. The number of likely N-dealkylation sites (N-methyl/N-ethyl adjacent to an activating group) is 1. The number of carbonyl (C=O) groups is 1. The summed E-state index contributed by atoms with van der Waals surface area (Å²) in [6, 6.07) is 0. The van der Waals surface area contributed by atoms with E-state index in [2.05, 4.69) is 30.8 Å². The molecule has 1 aliphatic rings. The Morgan fingerprint density at radius 3 is 2.10 bits per heavy atom. The molecular weight excluding hydrogens is 252 g/mol. The fourth-order valence-corrected chi connectivity index (χ4v) is 3.20. The van der Waals surface area contributed by atoms with Crippen LogP contribution in [0.1, 0.15) is 51.9 Å². The van der Waals surface area contributed by atoms with Crippen molar-refractivity contribution in [3.05, 3.63) is 0 Å². The van der Waals surface area contributed by atoms with Gasteiger partial charge in [-0.1, -0.05) is 32.6 Å². The normalized spacial score (nSPS) is 19.2. The molecule has 1 rings (SSSR count). The summed E-state index contributed by atoms with van der Waals surface area (Å²) < 4.78 is 0. The predicted octanol–water partition coefficient (Wildman–Crippen LogP) is 2.69. The van der Waals surface area contributed by atoms with Crippen LogP contribution in [0.25, 0.3) is 0 Å². The number of nitrogens with zero attached hydrogens (tertiary/aromatic N) is 2. The molecule has 1 fully saturated rings. The summed E-state index contributed by atoms with van der Waals surface area (Å²) in [5.74, 6) is -0.578. The number of hydrogen-bond acceptors (Lipinski definition) is 3. The van der Waals surface area contributed by atoms with Gasteiger partial charge in [-0.05, 0) is 39.9 Å². The van der Waals surface area contributed by atoms with Crippen molar-refractivity contribution in [1.29, 1.82) is 0 Å². The number of carboxylic acid groups (broad SMARTS) is 1. The van der Waals surface area contributed by atoms with E-state index in [1.165, 1.54) is 12.8 Å². The van der Waals surface area contributed by atoms with Crippen LogP contribution in [0.15, 0.2) is 0 Å². The first-order valence-electron chi connectivity index (χ1n) is 8.10. The summed E-state index contributed by atoms with van der Waals surface area (Å²) in [6.07, 6.45) is 7.32. The Morgan fingerprint density at radius 1 is 1.05 bits per heavy atom. The first-order chi connectivity index (χ1) is 9.50. The third-order valence-corrected chi connectivity index (χ3v) is 4.44. The van der Waals surface area contributed by atoms with Crippen molar-refractivity contribution >= 4 is 5.97 Å². The molecule has 0 unspecified atom stereocenters. The molecule has 0 aromatic heterocycles. The van der Waals surface area contributed by atoms with Gasteiger partial charge >= 0.3 is 5.97 Å². The van der Waals surface area contributed by atoms with Gasteiger partial charge in [0.1, 0.15) is 0 Å². The van der Waals surface area contributed by atoms with Crippen LogP contribution in [0, 0.1) is 5.41 Å². The highest BCUT2D eigenvalue weighted by atomic mass is 16.4. The average Bonchev–Trinajstić information content (AvgIpc) is 2.63. The minimum Gasteiger partial charge on any atom is -0.481 e. The van der Waals surface area contributed by atoms with Crippen LogP contribution in [-0.4, -0.2) is 61.2 Å². The van der Waals surface area contributed by atoms with Crippen LogP contribution in [-0.2, 0) is 4.79 Å². The van der Waals surface area contributed by atoms with E-state index < -0.39 is 11.4 Å². The van der Waals surface area contributed by atoms with Crippen molar-refractivity contribution in [2.24, 2.45) is 5.41 Å². The second-order valence-corrected chi connectivity index (χ2v) is 6.58. The molecule has 4 heteroatoms. The first-order valence-corrected chi connectivity index (χ1v) is 8.10. The number of rotatable bonds is 8. The molecule has 0 saturated heterocycles. The third-order valence-electron chi connectivity index (χ3n) is 4.44. The summed E-state index contributed by atoms with van der Waals surface area (Å²) in [7, 11) is 4.14. The quantitative estimate of drug-likeness (QED) is 0.696. The fourth-order valence-electron chi connectivity index (χ4n) is 3.20. The van der Waals surface area contributed by atoms with Gasteiger partial charge in [-0.15, -0.1) is 0 Å². The molecule has 0 aromatic rings. The lowest BCUT2D eigenvalue weighted by Gasteiger charge is -2.35. The largest absolute Gasteiger partial charge is 0.481 e. The minimum absolute atomic E-state index is 0.502. The van der Waals surface area contributed by atoms with Gasteiger partial charge in [-0.25, -0.2) is 0 Å². The highest BCUT2D eigenvalue weighted by Gasteiger charge is 2.39. The molecule has 0 aliphatic heterocycles. The summed E-state index contributed by atoms with van der Waals surface area (Å²) in [5, 5.41) is 9.77. The van der Waals surface area contributed by atoms with Gasteiger partial charge in [-0.3, -0.25) is 4.79 Å². The number of hydrogen-bond donors (Lipinski definition) is 1. The van der Waals surface area contributed by atoms with Crippen molar-refractivity contribution in [2.45, 2.75) is 51.9 Å². The van der Waals surface area contributed by atoms with Crippen LogP contribution in [0.4, 0.5) is 0 Å². The molecule has 20 heavy (non-hydrogen) atoms. The Hall–Kier alpha value is -0.610. The van der Waals surface area contributed by atoms with Crippen molar-refractivity contribution in [3.8, 4) is 0 Å². The number of aliphatic carboxylic acids is 1. The Balaban J connectivity index is 2.70. The third kappa shape index (κ3) is 5.41. The molecule has 0 bridgehead atoms. The molecule has 1 saturated carbocycles. The Bertz CT molecular complexity index is 284. The van der Waals surface area contributed by atoms with Crippen LogP contribution < -0.4 is 0 Å². The lowest BCUT2D eigenvalue weighted by atomic mass is 9.79. The molecule has 4 nitrogen and oxygen atoms in total. The standard InChI is InChI=1S/C16H32N2O2/c1-4-11-18(13-12-17(2)3)14-16(15(19)20)9-7-5-6-8-10-16/h4-14H2,1-3H3,(H,19,20). The topological polar surface area (TPSA) is 43.8 Å². The van der Waals surface area contributed by atoms with Crippen LogP contribution >= 0.6 is 0 Å². The minimum atomic E-state index is -0.578. The summed E-state index contributed by atoms with van der Waals surface area (Å²) in [4.78, 5) is 16.4. The van der Waals surface area contributed by atoms with Crippen molar-refractivity contribution < 1.29 is 9.90 Å². The lowest BCUT2D eigenvalue weighted by molar-refractivity contribution is -0.151.